The van der Waals surface area contributed by atoms with Crippen LogP contribution in [0.15, 0.2) is 53.4 Å². The fourth-order valence-electron chi connectivity index (χ4n) is 2.82. The molecule has 3 aromatic rings. The van der Waals surface area contributed by atoms with Crippen molar-refractivity contribution in [2.24, 2.45) is 0 Å². The van der Waals surface area contributed by atoms with Gasteiger partial charge in [0.2, 0.25) is 0 Å². The third-order valence-electron chi connectivity index (χ3n) is 4.47. The van der Waals surface area contributed by atoms with E-state index in [0.717, 1.165) is 35.6 Å². The molecular weight excluding hydrogens is 469 g/mol. The molecule has 3 rings (SSSR count). The van der Waals surface area contributed by atoms with Crippen molar-refractivity contribution in [3.63, 3.8) is 0 Å². The van der Waals surface area contributed by atoms with E-state index in [1.54, 1.807) is 13.8 Å². The summed E-state index contributed by atoms with van der Waals surface area (Å²) in [6.07, 6.45) is 0. The number of esters is 1. The van der Waals surface area contributed by atoms with Gasteiger partial charge in [0.15, 0.2) is 0 Å². The van der Waals surface area contributed by atoms with Gasteiger partial charge in [0.1, 0.15) is 21.8 Å². The molecule has 1 amide bonds. The maximum Gasteiger partial charge on any atom is 0.348 e. The number of sulfonamides is 1. The second kappa shape index (κ2) is 9.81. The van der Waals surface area contributed by atoms with E-state index < -0.39 is 27.7 Å². The standard InChI is InChI=1S/C22H18FN3O5S2/c1-3-31-22(28)19-13(2)18(12-24)21(32-19)25-20(27)14-4-8-16(9-5-14)26-33(29,30)17-10-6-15(23)7-11-17/h4-11,26H,3H2,1-2H3,(H,25,27). The number of halogens is 1. The SMILES string of the molecule is CCOC(=O)c1sc(NC(=O)c2ccc(NS(=O)(=O)c3ccc(F)cc3)cc2)c(C#N)c1C. The minimum atomic E-state index is -3.93. The van der Waals surface area contributed by atoms with Crippen LogP contribution in [-0.2, 0) is 14.8 Å². The van der Waals surface area contributed by atoms with E-state index in [0.29, 0.717) is 5.56 Å². The Hall–Kier alpha value is -3.75. The number of rotatable bonds is 7. The Kier molecular flexibility index (Phi) is 7.10. The predicted molar refractivity (Wildman–Crippen MR) is 121 cm³/mol. The lowest BCUT2D eigenvalue weighted by molar-refractivity contribution is 0.0531. The molecule has 0 saturated carbocycles. The number of amides is 1. The first-order valence-electron chi connectivity index (χ1n) is 9.56. The Bertz CT molecular complexity index is 1340. The van der Waals surface area contributed by atoms with Crippen LogP contribution in [0.1, 0.15) is 38.1 Å². The van der Waals surface area contributed by atoms with Gasteiger partial charge in [-0.25, -0.2) is 17.6 Å². The molecule has 0 spiro atoms. The molecule has 2 N–H and O–H groups in total. The molecule has 0 aliphatic heterocycles. The van der Waals surface area contributed by atoms with Gasteiger partial charge in [-0.3, -0.25) is 9.52 Å². The van der Waals surface area contributed by atoms with Gasteiger partial charge < -0.3 is 10.1 Å². The van der Waals surface area contributed by atoms with Gasteiger partial charge in [0.25, 0.3) is 15.9 Å². The molecule has 0 aliphatic carbocycles. The van der Waals surface area contributed by atoms with Crippen molar-refractivity contribution >= 4 is 43.9 Å². The number of anilines is 2. The van der Waals surface area contributed by atoms with Crippen molar-refractivity contribution < 1.29 is 27.1 Å². The highest BCUT2D eigenvalue weighted by molar-refractivity contribution is 7.92. The van der Waals surface area contributed by atoms with Gasteiger partial charge in [0.05, 0.1) is 17.1 Å². The van der Waals surface area contributed by atoms with Crippen LogP contribution < -0.4 is 10.0 Å². The van der Waals surface area contributed by atoms with E-state index in [2.05, 4.69) is 10.0 Å². The Morgan fingerprint density at radius 2 is 1.76 bits per heavy atom. The Morgan fingerprint density at radius 1 is 1.12 bits per heavy atom. The van der Waals surface area contributed by atoms with Gasteiger partial charge in [-0.05, 0) is 67.9 Å². The van der Waals surface area contributed by atoms with E-state index >= 15 is 0 Å². The molecule has 0 atom stereocenters. The Morgan fingerprint density at radius 3 is 2.33 bits per heavy atom. The minimum absolute atomic E-state index is 0.111. The third kappa shape index (κ3) is 5.36. The summed E-state index contributed by atoms with van der Waals surface area (Å²) in [7, 11) is -3.93. The van der Waals surface area contributed by atoms with Crippen molar-refractivity contribution in [3.8, 4) is 6.07 Å². The number of nitrogens with zero attached hydrogens (tertiary/aromatic N) is 1. The highest BCUT2D eigenvalue weighted by Crippen LogP contribution is 2.33. The number of benzene rings is 2. The maximum atomic E-state index is 13.0. The van der Waals surface area contributed by atoms with Crippen LogP contribution in [0.4, 0.5) is 15.1 Å². The van der Waals surface area contributed by atoms with Crippen molar-refractivity contribution in [1.29, 1.82) is 5.26 Å². The van der Waals surface area contributed by atoms with Crippen molar-refractivity contribution in [1.82, 2.24) is 0 Å². The molecule has 2 aromatic carbocycles. The number of ether oxygens (including phenoxy) is 1. The lowest BCUT2D eigenvalue weighted by Gasteiger charge is -2.09. The highest BCUT2D eigenvalue weighted by Gasteiger charge is 2.22. The molecule has 170 valence electrons. The molecule has 0 aliphatic rings. The number of nitriles is 1. The quantitative estimate of drug-likeness (QED) is 0.479. The summed E-state index contributed by atoms with van der Waals surface area (Å²) in [4.78, 5) is 24.8. The van der Waals surface area contributed by atoms with Crippen LogP contribution >= 0.6 is 11.3 Å². The summed E-state index contributed by atoms with van der Waals surface area (Å²) < 4.78 is 45.2. The maximum absolute atomic E-state index is 13.0. The van der Waals surface area contributed by atoms with E-state index in [1.165, 1.54) is 24.3 Å². The highest BCUT2D eigenvalue weighted by atomic mass is 32.2. The molecule has 8 nitrogen and oxygen atoms in total. The Labute approximate surface area is 193 Å². The molecule has 1 aromatic heterocycles. The molecule has 0 bridgehead atoms. The predicted octanol–water partition coefficient (Wildman–Crippen LogP) is 4.30. The van der Waals surface area contributed by atoms with Crippen LogP contribution in [0.2, 0.25) is 0 Å². The average Bonchev–Trinajstić information content (AvgIpc) is 3.09. The lowest BCUT2D eigenvalue weighted by Crippen LogP contribution is -2.14. The topological polar surface area (TPSA) is 125 Å². The minimum Gasteiger partial charge on any atom is -0.462 e. The van der Waals surface area contributed by atoms with E-state index in [4.69, 9.17) is 4.74 Å². The zero-order chi connectivity index (χ0) is 24.2. The second-order valence-electron chi connectivity index (χ2n) is 6.68. The van der Waals surface area contributed by atoms with Gasteiger partial charge >= 0.3 is 5.97 Å². The van der Waals surface area contributed by atoms with Gasteiger partial charge in [-0.1, -0.05) is 0 Å². The number of thiophene rings is 1. The first-order valence-corrected chi connectivity index (χ1v) is 11.9. The average molecular weight is 488 g/mol. The van der Waals surface area contributed by atoms with Gasteiger partial charge in [-0.15, -0.1) is 11.3 Å². The summed E-state index contributed by atoms with van der Waals surface area (Å²) in [6.45, 7) is 3.44. The summed E-state index contributed by atoms with van der Waals surface area (Å²) in [6, 6.07) is 11.9. The monoisotopic (exact) mass is 487 g/mol. The molecule has 33 heavy (non-hydrogen) atoms. The third-order valence-corrected chi connectivity index (χ3v) is 7.05. The van der Waals surface area contributed by atoms with E-state index in [-0.39, 0.29) is 38.2 Å². The van der Waals surface area contributed by atoms with E-state index in [1.807, 2.05) is 6.07 Å². The molecule has 1 heterocycles. The molecular formula is C22H18FN3O5S2. The number of carbonyl (C=O) groups excluding carboxylic acids is 2. The Balaban J connectivity index is 1.76. The summed E-state index contributed by atoms with van der Waals surface area (Å²) in [5.74, 6) is -1.68. The molecule has 11 heteroatoms. The van der Waals surface area contributed by atoms with Crippen molar-refractivity contribution in [2.45, 2.75) is 18.7 Å². The molecule has 0 fully saturated rings. The van der Waals surface area contributed by atoms with Crippen LogP contribution in [0.3, 0.4) is 0 Å². The fourth-order valence-corrected chi connectivity index (χ4v) is 4.92. The zero-order valence-electron chi connectivity index (χ0n) is 17.5. The van der Waals surface area contributed by atoms with Crippen molar-refractivity contribution in [3.05, 3.63) is 75.9 Å². The largest absolute Gasteiger partial charge is 0.462 e. The van der Waals surface area contributed by atoms with Gasteiger partial charge in [-0.2, -0.15) is 5.26 Å². The summed E-state index contributed by atoms with van der Waals surface area (Å²) in [5.41, 5.74) is 0.986. The number of nitrogens with one attached hydrogen (secondary N) is 2. The number of hydrogen-bond donors (Lipinski definition) is 2. The number of carbonyl (C=O) groups is 2. The summed E-state index contributed by atoms with van der Waals surface area (Å²) in [5, 5.41) is 12.3. The van der Waals surface area contributed by atoms with E-state index in [9.17, 15) is 27.7 Å². The fraction of sp³-hybridized carbons (Fsp3) is 0.136. The molecule has 0 unspecified atom stereocenters. The van der Waals surface area contributed by atoms with Crippen molar-refractivity contribution in [2.75, 3.05) is 16.6 Å². The van der Waals surface area contributed by atoms with Crippen LogP contribution in [-0.4, -0.2) is 26.9 Å². The second-order valence-corrected chi connectivity index (χ2v) is 9.39. The van der Waals surface area contributed by atoms with Crippen LogP contribution in [0, 0.1) is 24.1 Å². The first kappa shape index (κ1) is 23.9. The normalized spacial score (nSPS) is 10.8. The zero-order valence-corrected chi connectivity index (χ0v) is 19.1. The smallest absolute Gasteiger partial charge is 0.348 e. The molecule has 0 radical (unpaired) electrons. The number of hydrogen-bond acceptors (Lipinski definition) is 7. The molecule has 0 saturated heterocycles. The van der Waals surface area contributed by atoms with Crippen LogP contribution in [0.25, 0.3) is 0 Å². The first-order chi connectivity index (χ1) is 15.7. The lowest BCUT2D eigenvalue weighted by atomic mass is 10.1. The van der Waals surface area contributed by atoms with Gasteiger partial charge in [0, 0.05) is 11.3 Å². The summed E-state index contributed by atoms with van der Waals surface area (Å²) >= 11 is 0.944. The van der Waals surface area contributed by atoms with Crippen LogP contribution in [0.5, 0.6) is 0 Å².